The molecule has 0 radical (unpaired) electrons. The zero-order valence-corrected chi connectivity index (χ0v) is 11.9. The summed E-state index contributed by atoms with van der Waals surface area (Å²) in [4.78, 5) is 11.5. The van der Waals surface area contributed by atoms with Gasteiger partial charge in [-0.25, -0.2) is 13.9 Å². The van der Waals surface area contributed by atoms with E-state index in [9.17, 15) is 9.18 Å². The summed E-state index contributed by atoms with van der Waals surface area (Å²) in [6, 6.07) is 5.90. The van der Waals surface area contributed by atoms with Crippen LogP contribution in [0.2, 0.25) is 0 Å². The van der Waals surface area contributed by atoms with Gasteiger partial charge in [0.2, 0.25) is 0 Å². The number of halogens is 2. The van der Waals surface area contributed by atoms with Gasteiger partial charge < -0.3 is 4.74 Å². The van der Waals surface area contributed by atoms with Crippen LogP contribution < -0.4 is 0 Å². The fourth-order valence-corrected chi connectivity index (χ4v) is 2.10. The molecule has 0 aliphatic heterocycles. The minimum atomic E-state index is -0.483. The van der Waals surface area contributed by atoms with Gasteiger partial charge in [-0.05, 0) is 53.8 Å². The first-order chi connectivity index (χ1) is 8.54. The van der Waals surface area contributed by atoms with E-state index in [-0.39, 0.29) is 11.5 Å². The van der Waals surface area contributed by atoms with E-state index in [4.69, 9.17) is 0 Å². The molecule has 2 aromatic rings. The van der Waals surface area contributed by atoms with Gasteiger partial charge in [-0.3, -0.25) is 0 Å². The van der Waals surface area contributed by atoms with Crippen molar-refractivity contribution in [2.45, 2.75) is 6.92 Å². The summed E-state index contributed by atoms with van der Waals surface area (Å²) in [7, 11) is 1.31. The Labute approximate surface area is 117 Å². The van der Waals surface area contributed by atoms with Gasteiger partial charge in [-0.1, -0.05) is 0 Å². The Morgan fingerprint density at radius 2 is 2.00 bits per heavy atom. The van der Waals surface area contributed by atoms with Crippen molar-refractivity contribution in [2.24, 2.45) is 0 Å². The maximum absolute atomic E-state index is 12.9. The number of ether oxygens (including phenoxy) is 1. The van der Waals surface area contributed by atoms with Crippen molar-refractivity contribution in [3.63, 3.8) is 0 Å². The maximum Gasteiger partial charge on any atom is 0.359 e. The highest BCUT2D eigenvalue weighted by Crippen LogP contribution is 2.20. The minimum absolute atomic E-state index is 0.264. The van der Waals surface area contributed by atoms with Crippen LogP contribution in [-0.2, 0) is 4.74 Å². The van der Waals surface area contributed by atoms with Gasteiger partial charge in [0.1, 0.15) is 5.82 Å². The van der Waals surface area contributed by atoms with Crippen molar-refractivity contribution in [1.82, 2.24) is 9.78 Å². The molecule has 0 aliphatic rings. The second-order valence-electron chi connectivity index (χ2n) is 3.63. The Kier molecular flexibility index (Phi) is 3.65. The molecule has 0 unspecified atom stereocenters. The number of hydrogen-bond acceptors (Lipinski definition) is 3. The molecule has 0 atom stereocenters. The maximum atomic E-state index is 12.9. The molecule has 0 amide bonds. The van der Waals surface area contributed by atoms with Crippen LogP contribution in [0.15, 0.2) is 24.3 Å². The summed E-state index contributed by atoms with van der Waals surface area (Å²) in [6.07, 6.45) is 0. The van der Waals surface area contributed by atoms with Crippen LogP contribution in [0, 0.1) is 16.3 Å². The molecule has 2 rings (SSSR count). The monoisotopic (exact) mass is 360 g/mol. The zero-order valence-electron chi connectivity index (χ0n) is 9.78. The molecule has 4 nitrogen and oxygen atoms in total. The van der Waals surface area contributed by atoms with Crippen molar-refractivity contribution < 1.29 is 13.9 Å². The molecule has 0 bridgehead atoms. The van der Waals surface area contributed by atoms with Crippen molar-refractivity contribution in [2.75, 3.05) is 7.11 Å². The molecule has 0 fully saturated rings. The summed E-state index contributed by atoms with van der Waals surface area (Å²) < 4.78 is 19.8. The summed E-state index contributed by atoms with van der Waals surface area (Å²) in [6.45, 7) is 1.84. The third kappa shape index (κ3) is 2.24. The van der Waals surface area contributed by atoms with Crippen LogP contribution in [0.3, 0.4) is 0 Å². The highest BCUT2D eigenvalue weighted by Gasteiger charge is 2.19. The smallest absolute Gasteiger partial charge is 0.359 e. The lowest BCUT2D eigenvalue weighted by molar-refractivity contribution is 0.0592. The highest BCUT2D eigenvalue weighted by atomic mass is 127. The van der Waals surface area contributed by atoms with Gasteiger partial charge in [0.15, 0.2) is 5.69 Å². The van der Waals surface area contributed by atoms with E-state index in [0.717, 1.165) is 9.26 Å². The molecular formula is C12H10FIN2O2. The third-order valence-electron chi connectivity index (χ3n) is 2.49. The normalized spacial score (nSPS) is 10.4. The van der Waals surface area contributed by atoms with Crippen LogP contribution >= 0.6 is 22.6 Å². The van der Waals surface area contributed by atoms with Crippen LogP contribution in [-0.4, -0.2) is 22.9 Å². The molecule has 6 heteroatoms. The first kappa shape index (κ1) is 13.0. The van der Waals surface area contributed by atoms with Gasteiger partial charge in [0.25, 0.3) is 0 Å². The number of carbonyl (C=O) groups is 1. The van der Waals surface area contributed by atoms with E-state index in [0.29, 0.717) is 5.69 Å². The number of nitrogens with zero attached hydrogens (tertiary/aromatic N) is 2. The largest absolute Gasteiger partial charge is 0.464 e. The van der Waals surface area contributed by atoms with Crippen molar-refractivity contribution in [3.8, 4) is 5.69 Å². The van der Waals surface area contributed by atoms with Crippen LogP contribution in [0.1, 0.15) is 16.2 Å². The van der Waals surface area contributed by atoms with E-state index >= 15 is 0 Å². The number of methoxy groups -OCH3 is 1. The predicted molar refractivity (Wildman–Crippen MR) is 72.3 cm³/mol. The standard InChI is InChI=1S/C12H10FIN2O2/c1-7-10(14)11(12(17)18-2)15-16(7)9-5-3-8(13)4-6-9/h3-6H,1-2H3. The number of benzene rings is 1. The molecule has 0 saturated carbocycles. The van der Waals surface area contributed by atoms with Crippen molar-refractivity contribution >= 4 is 28.6 Å². The van der Waals surface area contributed by atoms with Gasteiger partial charge in [-0.15, -0.1) is 0 Å². The van der Waals surface area contributed by atoms with E-state index in [1.54, 1.807) is 16.8 Å². The Bertz CT molecular complexity index is 593. The third-order valence-corrected chi connectivity index (χ3v) is 3.78. The second-order valence-corrected chi connectivity index (χ2v) is 4.71. The molecule has 0 aliphatic carbocycles. The van der Waals surface area contributed by atoms with Crippen molar-refractivity contribution in [3.05, 3.63) is 45.0 Å². The Morgan fingerprint density at radius 3 is 2.56 bits per heavy atom. The molecule has 1 heterocycles. The molecule has 1 aromatic carbocycles. The lowest BCUT2D eigenvalue weighted by atomic mass is 10.3. The Hall–Kier alpha value is -1.44. The van der Waals surface area contributed by atoms with E-state index in [1.165, 1.54) is 19.2 Å². The fourth-order valence-electron chi connectivity index (χ4n) is 1.54. The minimum Gasteiger partial charge on any atom is -0.464 e. The summed E-state index contributed by atoms with van der Waals surface area (Å²) >= 11 is 2.04. The average Bonchev–Trinajstić information content (AvgIpc) is 2.67. The molecule has 0 N–H and O–H groups in total. The zero-order chi connectivity index (χ0) is 13.3. The van der Waals surface area contributed by atoms with Crippen LogP contribution in [0.25, 0.3) is 5.69 Å². The van der Waals surface area contributed by atoms with Gasteiger partial charge >= 0.3 is 5.97 Å². The molecular weight excluding hydrogens is 350 g/mol. The molecule has 18 heavy (non-hydrogen) atoms. The fraction of sp³-hybridized carbons (Fsp3) is 0.167. The van der Waals surface area contributed by atoms with Crippen LogP contribution in [0.5, 0.6) is 0 Å². The summed E-state index contributed by atoms with van der Waals surface area (Å²) in [5.74, 6) is -0.796. The van der Waals surface area contributed by atoms with E-state index in [2.05, 4.69) is 9.84 Å². The first-order valence-electron chi connectivity index (χ1n) is 5.14. The van der Waals surface area contributed by atoms with Gasteiger partial charge in [-0.2, -0.15) is 5.10 Å². The van der Waals surface area contributed by atoms with E-state index in [1.807, 2.05) is 29.5 Å². The molecule has 1 aromatic heterocycles. The van der Waals surface area contributed by atoms with E-state index < -0.39 is 5.97 Å². The summed E-state index contributed by atoms with van der Waals surface area (Å²) in [5, 5.41) is 4.19. The molecule has 0 saturated heterocycles. The topological polar surface area (TPSA) is 44.1 Å². The van der Waals surface area contributed by atoms with Gasteiger partial charge in [0.05, 0.1) is 22.1 Å². The summed E-state index contributed by atoms with van der Waals surface area (Å²) in [5.41, 5.74) is 1.77. The lowest BCUT2D eigenvalue weighted by Crippen LogP contribution is -2.05. The van der Waals surface area contributed by atoms with Crippen molar-refractivity contribution in [1.29, 1.82) is 0 Å². The molecule has 94 valence electrons. The Balaban J connectivity index is 2.52. The van der Waals surface area contributed by atoms with Crippen LogP contribution in [0.4, 0.5) is 4.39 Å². The molecule has 0 spiro atoms. The Morgan fingerprint density at radius 1 is 1.39 bits per heavy atom. The first-order valence-corrected chi connectivity index (χ1v) is 6.22. The average molecular weight is 360 g/mol. The SMILES string of the molecule is COC(=O)c1nn(-c2ccc(F)cc2)c(C)c1I. The number of aromatic nitrogens is 2. The lowest BCUT2D eigenvalue weighted by Gasteiger charge is -2.03. The number of esters is 1. The quantitative estimate of drug-likeness (QED) is 0.611. The second kappa shape index (κ2) is 5.05. The highest BCUT2D eigenvalue weighted by molar-refractivity contribution is 14.1. The number of rotatable bonds is 2. The number of hydrogen-bond donors (Lipinski definition) is 0. The van der Waals surface area contributed by atoms with Gasteiger partial charge in [0, 0.05) is 0 Å². The number of carbonyl (C=O) groups excluding carboxylic acids is 1. The predicted octanol–water partition coefficient (Wildman–Crippen LogP) is 2.71.